The van der Waals surface area contributed by atoms with Crippen molar-refractivity contribution in [2.45, 2.75) is 19.8 Å². The first-order valence-electron chi connectivity index (χ1n) is 7.05. The van der Waals surface area contributed by atoms with E-state index < -0.39 is 0 Å². The Labute approximate surface area is 125 Å². The molecule has 0 aliphatic carbocycles. The van der Waals surface area contributed by atoms with Crippen LogP contribution < -0.4 is 0 Å². The van der Waals surface area contributed by atoms with Gasteiger partial charge in [0.05, 0.1) is 6.61 Å². The number of rotatable bonds is 5. The molecule has 1 heterocycles. The minimum Gasteiger partial charge on any atom is -0.463 e. The SMILES string of the molecule is CCOC(=O)C=Cc1ccc(C(C)c2cccnc2)cc1. The predicted molar refractivity (Wildman–Crippen MR) is 83.9 cm³/mol. The van der Waals surface area contributed by atoms with Crippen molar-refractivity contribution in [2.75, 3.05) is 6.61 Å². The number of esters is 1. The Kier molecular flexibility index (Phi) is 5.27. The number of pyridine rings is 1. The summed E-state index contributed by atoms with van der Waals surface area (Å²) in [6, 6.07) is 12.2. The lowest BCUT2D eigenvalue weighted by Gasteiger charge is -2.11. The molecule has 108 valence electrons. The fourth-order valence-corrected chi connectivity index (χ4v) is 2.07. The number of carbonyl (C=O) groups is 1. The van der Waals surface area contributed by atoms with Gasteiger partial charge in [0.15, 0.2) is 0 Å². The quantitative estimate of drug-likeness (QED) is 0.618. The summed E-state index contributed by atoms with van der Waals surface area (Å²) in [5.74, 6) is -0.0212. The average molecular weight is 281 g/mol. The van der Waals surface area contributed by atoms with E-state index in [0.29, 0.717) is 12.5 Å². The van der Waals surface area contributed by atoms with Crippen molar-refractivity contribution in [3.05, 3.63) is 71.6 Å². The summed E-state index contributed by atoms with van der Waals surface area (Å²) in [5.41, 5.74) is 3.38. The molecule has 0 saturated carbocycles. The van der Waals surface area contributed by atoms with Gasteiger partial charge in [0.25, 0.3) is 0 Å². The van der Waals surface area contributed by atoms with Crippen molar-refractivity contribution in [1.82, 2.24) is 4.98 Å². The molecule has 0 amide bonds. The minimum atomic E-state index is -0.315. The molecule has 3 nitrogen and oxygen atoms in total. The van der Waals surface area contributed by atoms with Gasteiger partial charge in [0.1, 0.15) is 0 Å². The maximum Gasteiger partial charge on any atom is 0.330 e. The molecule has 1 aromatic heterocycles. The Morgan fingerprint density at radius 1 is 1.24 bits per heavy atom. The highest BCUT2D eigenvalue weighted by atomic mass is 16.5. The van der Waals surface area contributed by atoms with Crippen LogP contribution in [0, 0.1) is 0 Å². The molecule has 0 N–H and O–H groups in total. The molecule has 0 radical (unpaired) electrons. The molecular formula is C18H19NO2. The molecule has 0 bridgehead atoms. The highest BCUT2D eigenvalue weighted by Gasteiger charge is 2.07. The van der Waals surface area contributed by atoms with Crippen molar-refractivity contribution in [2.24, 2.45) is 0 Å². The molecule has 0 aliphatic heterocycles. The lowest BCUT2D eigenvalue weighted by atomic mass is 9.94. The topological polar surface area (TPSA) is 39.2 Å². The molecule has 0 fully saturated rings. The van der Waals surface area contributed by atoms with Gasteiger partial charge in [-0.3, -0.25) is 4.98 Å². The van der Waals surface area contributed by atoms with Crippen molar-refractivity contribution < 1.29 is 9.53 Å². The second kappa shape index (κ2) is 7.39. The van der Waals surface area contributed by atoms with Crippen LogP contribution in [0.25, 0.3) is 6.08 Å². The zero-order valence-electron chi connectivity index (χ0n) is 12.3. The van der Waals surface area contributed by atoms with Gasteiger partial charge < -0.3 is 4.74 Å². The molecule has 1 atom stereocenters. The predicted octanol–water partition coefficient (Wildman–Crippen LogP) is 3.81. The molecule has 2 aromatic rings. The van der Waals surface area contributed by atoms with Crippen LogP contribution in [0.5, 0.6) is 0 Å². The number of hydrogen-bond donors (Lipinski definition) is 0. The van der Waals surface area contributed by atoms with Gasteiger partial charge in [0.2, 0.25) is 0 Å². The van der Waals surface area contributed by atoms with E-state index >= 15 is 0 Å². The van der Waals surface area contributed by atoms with Crippen LogP contribution in [0.15, 0.2) is 54.9 Å². The molecular weight excluding hydrogens is 262 g/mol. The van der Waals surface area contributed by atoms with E-state index in [-0.39, 0.29) is 5.97 Å². The van der Waals surface area contributed by atoms with Crippen molar-refractivity contribution in [1.29, 1.82) is 0 Å². The standard InChI is InChI=1S/C18H19NO2/c1-3-21-18(20)11-8-15-6-9-16(10-7-15)14(2)17-5-4-12-19-13-17/h4-14H,3H2,1-2H3. The van der Waals surface area contributed by atoms with Crippen molar-refractivity contribution in [3.63, 3.8) is 0 Å². The molecule has 0 aliphatic rings. The molecule has 2 rings (SSSR count). The molecule has 3 heteroatoms. The van der Waals surface area contributed by atoms with Gasteiger partial charge in [-0.05, 0) is 35.8 Å². The van der Waals surface area contributed by atoms with E-state index in [1.807, 2.05) is 24.4 Å². The maximum atomic E-state index is 11.3. The second-order valence-electron chi connectivity index (χ2n) is 4.76. The van der Waals surface area contributed by atoms with Gasteiger partial charge >= 0.3 is 5.97 Å². The number of aromatic nitrogens is 1. The van der Waals surface area contributed by atoms with E-state index in [0.717, 1.165) is 5.56 Å². The fraction of sp³-hybridized carbons (Fsp3) is 0.222. The first-order chi connectivity index (χ1) is 10.2. The number of hydrogen-bond acceptors (Lipinski definition) is 3. The third-order valence-corrected chi connectivity index (χ3v) is 3.32. The van der Waals surface area contributed by atoms with Crippen LogP contribution in [-0.4, -0.2) is 17.6 Å². The van der Waals surface area contributed by atoms with Crippen LogP contribution in [0.1, 0.15) is 36.5 Å². The van der Waals surface area contributed by atoms with Crippen molar-refractivity contribution >= 4 is 12.0 Å². The highest BCUT2D eigenvalue weighted by molar-refractivity contribution is 5.87. The van der Waals surface area contributed by atoms with E-state index in [1.165, 1.54) is 17.2 Å². The maximum absolute atomic E-state index is 11.3. The van der Waals surface area contributed by atoms with Gasteiger partial charge in [-0.25, -0.2) is 4.79 Å². The number of nitrogens with zero attached hydrogens (tertiary/aromatic N) is 1. The van der Waals surface area contributed by atoms with E-state index in [4.69, 9.17) is 4.74 Å². The Hall–Kier alpha value is -2.42. The largest absolute Gasteiger partial charge is 0.463 e. The zero-order chi connectivity index (χ0) is 15.1. The van der Waals surface area contributed by atoms with Crippen molar-refractivity contribution in [3.8, 4) is 0 Å². The zero-order valence-corrected chi connectivity index (χ0v) is 12.3. The Balaban J connectivity index is 2.07. The van der Waals surface area contributed by atoms with Crippen LogP contribution in [-0.2, 0) is 9.53 Å². The van der Waals surface area contributed by atoms with E-state index in [2.05, 4.69) is 30.1 Å². The van der Waals surface area contributed by atoms with Crippen LogP contribution in [0.2, 0.25) is 0 Å². The van der Waals surface area contributed by atoms with Gasteiger partial charge in [-0.2, -0.15) is 0 Å². The average Bonchev–Trinajstić information content (AvgIpc) is 2.54. The summed E-state index contributed by atoms with van der Waals surface area (Å²) >= 11 is 0. The van der Waals surface area contributed by atoms with Gasteiger partial charge in [0, 0.05) is 24.4 Å². The summed E-state index contributed by atoms with van der Waals surface area (Å²) in [6.45, 7) is 4.34. The highest BCUT2D eigenvalue weighted by Crippen LogP contribution is 2.23. The Morgan fingerprint density at radius 3 is 2.62 bits per heavy atom. The summed E-state index contributed by atoms with van der Waals surface area (Å²) in [6.07, 6.45) is 6.87. The lowest BCUT2D eigenvalue weighted by Crippen LogP contribution is -1.98. The minimum absolute atomic E-state index is 0.293. The normalized spacial score (nSPS) is 12.3. The summed E-state index contributed by atoms with van der Waals surface area (Å²) in [7, 11) is 0. The fourth-order valence-electron chi connectivity index (χ4n) is 2.07. The van der Waals surface area contributed by atoms with Gasteiger partial charge in [-0.1, -0.05) is 37.3 Å². The smallest absolute Gasteiger partial charge is 0.330 e. The first-order valence-corrected chi connectivity index (χ1v) is 7.05. The van der Waals surface area contributed by atoms with Gasteiger partial charge in [-0.15, -0.1) is 0 Å². The summed E-state index contributed by atoms with van der Waals surface area (Å²) < 4.78 is 4.85. The lowest BCUT2D eigenvalue weighted by molar-refractivity contribution is -0.137. The Bertz CT molecular complexity index is 603. The Morgan fingerprint density at radius 2 is 2.00 bits per heavy atom. The number of ether oxygens (including phenoxy) is 1. The van der Waals surface area contributed by atoms with Crippen LogP contribution >= 0.6 is 0 Å². The first kappa shape index (κ1) is 15.0. The monoisotopic (exact) mass is 281 g/mol. The summed E-state index contributed by atoms with van der Waals surface area (Å²) in [4.78, 5) is 15.4. The van der Waals surface area contributed by atoms with Crippen LogP contribution in [0.3, 0.4) is 0 Å². The third-order valence-electron chi connectivity index (χ3n) is 3.32. The summed E-state index contributed by atoms with van der Waals surface area (Å²) in [5, 5.41) is 0. The van der Waals surface area contributed by atoms with Crippen LogP contribution in [0.4, 0.5) is 0 Å². The third kappa shape index (κ3) is 4.28. The number of carbonyl (C=O) groups excluding carboxylic acids is 1. The molecule has 21 heavy (non-hydrogen) atoms. The second-order valence-corrected chi connectivity index (χ2v) is 4.76. The molecule has 0 saturated heterocycles. The molecule has 0 spiro atoms. The molecule has 1 aromatic carbocycles. The number of benzene rings is 1. The van der Waals surface area contributed by atoms with E-state index in [9.17, 15) is 4.79 Å². The van der Waals surface area contributed by atoms with E-state index in [1.54, 1.807) is 19.2 Å². The molecule has 1 unspecified atom stereocenters.